The van der Waals surface area contributed by atoms with Crippen molar-refractivity contribution in [2.75, 3.05) is 13.1 Å². The number of benzene rings is 1. The molecule has 19 heavy (non-hydrogen) atoms. The highest BCUT2D eigenvalue weighted by Crippen LogP contribution is 2.38. The molecule has 1 saturated heterocycles. The Hall–Kier alpha value is -1.44. The van der Waals surface area contributed by atoms with E-state index in [9.17, 15) is 4.39 Å². The molecule has 0 saturated carbocycles. The summed E-state index contributed by atoms with van der Waals surface area (Å²) in [5.74, 6) is -0.0796. The molecule has 0 aromatic heterocycles. The van der Waals surface area contributed by atoms with Gasteiger partial charge in [-0.2, -0.15) is 5.26 Å². The Kier molecular flexibility index (Phi) is 4.18. The van der Waals surface area contributed by atoms with Crippen LogP contribution in [0.4, 0.5) is 4.39 Å². The number of nitrogens with zero attached hydrogens (tertiary/aromatic N) is 2. The first kappa shape index (κ1) is 14.0. The van der Waals surface area contributed by atoms with Crippen LogP contribution in [0.3, 0.4) is 0 Å². The summed E-state index contributed by atoms with van der Waals surface area (Å²) in [7, 11) is 0. The maximum atomic E-state index is 13.4. The van der Waals surface area contributed by atoms with Crippen LogP contribution in [0.25, 0.3) is 0 Å². The van der Waals surface area contributed by atoms with Crippen molar-refractivity contribution in [2.24, 2.45) is 11.7 Å². The summed E-state index contributed by atoms with van der Waals surface area (Å²) in [5.41, 5.74) is 6.97. The summed E-state index contributed by atoms with van der Waals surface area (Å²) in [4.78, 5) is 2.38. The molecule has 0 amide bonds. The second kappa shape index (κ2) is 5.68. The van der Waals surface area contributed by atoms with Crippen molar-refractivity contribution < 1.29 is 4.39 Å². The van der Waals surface area contributed by atoms with E-state index in [4.69, 9.17) is 11.0 Å². The molecule has 102 valence electrons. The van der Waals surface area contributed by atoms with Crippen LogP contribution in [0, 0.1) is 23.1 Å². The zero-order chi connectivity index (χ0) is 14.0. The Bertz CT molecular complexity index is 493. The smallest absolute Gasteiger partial charge is 0.140 e. The molecule has 0 radical (unpaired) electrons. The average Bonchev–Trinajstić information content (AvgIpc) is 2.83. The second-order valence-corrected chi connectivity index (χ2v) is 5.41. The summed E-state index contributed by atoms with van der Waals surface area (Å²) in [6.07, 6.45) is 1.05. The minimum atomic E-state index is -0.454. The van der Waals surface area contributed by atoms with Crippen LogP contribution in [0.5, 0.6) is 0 Å². The van der Waals surface area contributed by atoms with Gasteiger partial charge in [-0.3, -0.25) is 4.90 Å². The standard InChI is InChI=1S/C15H20FN3/c1-10(2)19-6-5-12(8-17)15(19)11-3-4-14(16)13(7-11)9-18/h3-4,7,10,12,15H,5-6,8,17H2,1-2H3. The Labute approximate surface area is 113 Å². The minimum absolute atomic E-state index is 0.115. The molecule has 2 atom stereocenters. The van der Waals surface area contributed by atoms with Crippen LogP contribution in [-0.2, 0) is 0 Å². The third-order valence-electron chi connectivity index (χ3n) is 3.98. The second-order valence-electron chi connectivity index (χ2n) is 5.41. The van der Waals surface area contributed by atoms with Gasteiger partial charge >= 0.3 is 0 Å². The van der Waals surface area contributed by atoms with E-state index >= 15 is 0 Å². The third-order valence-corrected chi connectivity index (χ3v) is 3.98. The van der Waals surface area contributed by atoms with Crippen molar-refractivity contribution in [2.45, 2.75) is 32.4 Å². The summed E-state index contributed by atoms with van der Waals surface area (Å²) in [5, 5.41) is 8.96. The van der Waals surface area contributed by atoms with E-state index < -0.39 is 5.82 Å². The predicted molar refractivity (Wildman–Crippen MR) is 72.9 cm³/mol. The SMILES string of the molecule is CC(C)N1CCC(CN)C1c1ccc(F)c(C#N)c1. The van der Waals surface area contributed by atoms with E-state index in [1.54, 1.807) is 12.1 Å². The molecule has 1 aliphatic heterocycles. The highest BCUT2D eigenvalue weighted by Gasteiger charge is 2.35. The summed E-state index contributed by atoms with van der Waals surface area (Å²) >= 11 is 0. The number of rotatable bonds is 3. The maximum Gasteiger partial charge on any atom is 0.140 e. The van der Waals surface area contributed by atoms with Gasteiger partial charge in [-0.25, -0.2) is 4.39 Å². The molecule has 3 nitrogen and oxygen atoms in total. The van der Waals surface area contributed by atoms with Crippen LogP contribution >= 0.6 is 0 Å². The lowest BCUT2D eigenvalue weighted by Crippen LogP contribution is -2.33. The van der Waals surface area contributed by atoms with Crippen molar-refractivity contribution in [1.29, 1.82) is 5.26 Å². The van der Waals surface area contributed by atoms with Gasteiger partial charge in [-0.05, 0) is 57.0 Å². The van der Waals surface area contributed by atoms with Crippen LogP contribution in [-0.4, -0.2) is 24.0 Å². The molecule has 1 heterocycles. The van der Waals surface area contributed by atoms with E-state index in [-0.39, 0.29) is 11.6 Å². The van der Waals surface area contributed by atoms with Crippen LogP contribution in [0.1, 0.15) is 37.4 Å². The van der Waals surface area contributed by atoms with Crippen molar-refractivity contribution in [1.82, 2.24) is 4.90 Å². The van der Waals surface area contributed by atoms with Crippen molar-refractivity contribution in [3.63, 3.8) is 0 Å². The monoisotopic (exact) mass is 261 g/mol. The van der Waals surface area contributed by atoms with E-state index in [2.05, 4.69) is 18.7 Å². The fourth-order valence-electron chi connectivity index (χ4n) is 2.98. The predicted octanol–water partition coefficient (Wildman–Crippen LogP) is 2.43. The topological polar surface area (TPSA) is 53.0 Å². The molecule has 1 aromatic rings. The van der Waals surface area contributed by atoms with Gasteiger partial charge < -0.3 is 5.73 Å². The zero-order valence-corrected chi connectivity index (χ0v) is 11.4. The number of nitrogens with two attached hydrogens (primary N) is 1. The van der Waals surface area contributed by atoms with Gasteiger partial charge in [0.05, 0.1) is 5.56 Å². The van der Waals surface area contributed by atoms with Gasteiger partial charge in [0.25, 0.3) is 0 Å². The van der Waals surface area contributed by atoms with E-state index in [0.717, 1.165) is 18.5 Å². The third kappa shape index (κ3) is 2.63. The lowest BCUT2D eigenvalue weighted by Gasteiger charge is -2.31. The molecule has 1 aliphatic rings. The van der Waals surface area contributed by atoms with Gasteiger partial charge in [0.2, 0.25) is 0 Å². The fourth-order valence-corrected chi connectivity index (χ4v) is 2.98. The van der Waals surface area contributed by atoms with Crippen LogP contribution in [0.15, 0.2) is 18.2 Å². The first-order valence-electron chi connectivity index (χ1n) is 6.73. The van der Waals surface area contributed by atoms with Crippen molar-refractivity contribution in [3.05, 3.63) is 35.1 Å². The number of hydrogen-bond donors (Lipinski definition) is 1. The van der Waals surface area contributed by atoms with Crippen LogP contribution in [0.2, 0.25) is 0 Å². The summed E-state index contributed by atoms with van der Waals surface area (Å²) in [6.45, 7) is 5.93. The van der Waals surface area contributed by atoms with Crippen molar-refractivity contribution in [3.8, 4) is 6.07 Å². The molecule has 1 fully saturated rings. The van der Waals surface area contributed by atoms with E-state index in [1.165, 1.54) is 6.07 Å². The summed E-state index contributed by atoms with van der Waals surface area (Å²) in [6, 6.07) is 7.36. The minimum Gasteiger partial charge on any atom is -0.330 e. The molecule has 2 unspecified atom stereocenters. The molecule has 1 aromatic carbocycles. The normalized spacial score (nSPS) is 23.8. The Morgan fingerprint density at radius 2 is 2.26 bits per heavy atom. The Morgan fingerprint density at radius 1 is 1.53 bits per heavy atom. The highest BCUT2D eigenvalue weighted by molar-refractivity contribution is 5.36. The van der Waals surface area contributed by atoms with Crippen LogP contribution < -0.4 is 5.73 Å². The van der Waals surface area contributed by atoms with Crippen molar-refractivity contribution >= 4 is 0 Å². The molecule has 0 spiro atoms. The molecule has 4 heteroatoms. The first-order valence-corrected chi connectivity index (χ1v) is 6.73. The maximum absolute atomic E-state index is 13.4. The number of nitriles is 1. The van der Waals surface area contributed by atoms with E-state index in [0.29, 0.717) is 18.5 Å². The van der Waals surface area contributed by atoms with Gasteiger partial charge in [-0.1, -0.05) is 6.07 Å². The molecular weight excluding hydrogens is 241 g/mol. The lowest BCUT2D eigenvalue weighted by atomic mass is 9.92. The van der Waals surface area contributed by atoms with Gasteiger partial charge in [0, 0.05) is 12.1 Å². The first-order chi connectivity index (χ1) is 9.08. The lowest BCUT2D eigenvalue weighted by molar-refractivity contribution is 0.184. The largest absolute Gasteiger partial charge is 0.330 e. The molecule has 2 N–H and O–H groups in total. The Balaban J connectivity index is 2.39. The number of likely N-dealkylation sites (tertiary alicyclic amines) is 1. The average molecular weight is 261 g/mol. The van der Waals surface area contributed by atoms with Gasteiger partial charge in [0.15, 0.2) is 0 Å². The summed E-state index contributed by atoms with van der Waals surface area (Å²) < 4.78 is 13.4. The molecule has 0 aliphatic carbocycles. The zero-order valence-electron chi connectivity index (χ0n) is 11.4. The molecular formula is C15H20FN3. The number of hydrogen-bond acceptors (Lipinski definition) is 3. The van der Waals surface area contributed by atoms with E-state index in [1.807, 2.05) is 6.07 Å². The molecule has 2 rings (SSSR count). The Morgan fingerprint density at radius 3 is 2.84 bits per heavy atom. The number of halogens is 1. The molecule has 0 bridgehead atoms. The fraction of sp³-hybridized carbons (Fsp3) is 0.533. The quantitative estimate of drug-likeness (QED) is 0.909. The van der Waals surface area contributed by atoms with Gasteiger partial charge in [0.1, 0.15) is 11.9 Å². The van der Waals surface area contributed by atoms with Gasteiger partial charge in [-0.15, -0.1) is 0 Å². The highest BCUT2D eigenvalue weighted by atomic mass is 19.1.